The Labute approximate surface area is 97.0 Å². The molecule has 0 fully saturated rings. The molecule has 1 atom stereocenters. The average Bonchev–Trinajstić information content (AvgIpc) is 2.75. The van der Waals surface area contributed by atoms with Crippen molar-refractivity contribution < 1.29 is 14.7 Å². The number of hydrogen-bond donors (Lipinski definition) is 2. The van der Waals surface area contributed by atoms with Gasteiger partial charge in [-0.3, -0.25) is 9.63 Å². The van der Waals surface area contributed by atoms with Gasteiger partial charge < -0.3 is 9.51 Å². The lowest BCUT2D eigenvalue weighted by Crippen LogP contribution is -2.28. The summed E-state index contributed by atoms with van der Waals surface area (Å²) in [5.74, 6) is -0.471. The normalized spacial score (nSPS) is 12.6. The van der Waals surface area contributed by atoms with Crippen molar-refractivity contribution in [3.8, 4) is 0 Å². The van der Waals surface area contributed by atoms with E-state index in [0.29, 0.717) is 0 Å². The van der Waals surface area contributed by atoms with Gasteiger partial charge in [0.05, 0.1) is 30.3 Å². The molecule has 2 N–H and O–H groups in total. The van der Waals surface area contributed by atoms with Crippen LogP contribution in [0.5, 0.6) is 0 Å². The number of aliphatic hydroxyl groups excluding tert-OH is 1. The molecule has 0 aliphatic carbocycles. The summed E-state index contributed by atoms with van der Waals surface area (Å²) in [6, 6.07) is 0. The van der Waals surface area contributed by atoms with Gasteiger partial charge in [0, 0.05) is 6.20 Å². The molecule has 0 saturated heterocycles. The second-order valence-electron chi connectivity index (χ2n) is 3.59. The summed E-state index contributed by atoms with van der Waals surface area (Å²) in [5.41, 5.74) is 3.20. The zero-order valence-electron chi connectivity index (χ0n) is 9.20. The van der Waals surface area contributed by atoms with Gasteiger partial charge in [-0.2, -0.15) is 0 Å². The molecule has 7 nitrogen and oxygen atoms in total. The maximum absolute atomic E-state index is 11.6. The first-order valence-electron chi connectivity index (χ1n) is 5.04. The van der Waals surface area contributed by atoms with E-state index in [4.69, 9.17) is 9.94 Å². The Bertz CT molecular complexity index is 523. The first kappa shape index (κ1) is 11.5. The van der Waals surface area contributed by atoms with E-state index >= 15 is 0 Å². The minimum Gasteiger partial charge on any atom is -0.391 e. The number of hydrogen-bond acceptors (Lipinski definition) is 5. The van der Waals surface area contributed by atoms with Gasteiger partial charge >= 0.3 is 0 Å². The lowest BCUT2D eigenvalue weighted by molar-refractivity contribution is -0.00714. The highest BCUT2D eigenvalue weighted by molar-refractivity contribution is 5.91. The van der Waals surface area contributed by atoms with Crippen LogP contribution in [0.1, 0.15) is 17.4 Å². The molecule has 0 aromatic carbocycles. The minimum absolute atomic E-state index is 0.0268. The number of carbonyl (C=O) groups is 1. The molecule has 0 aliphatic rings. The molecule has 0 aliphatic heterocycles. The highest BCUT2D eigenvalue weighted by Crippen LogP contribution is 2.01. The van der Waals surface area contributed by atoms with Crippen LogP contribution in [0.25, 0.3) is 5.52 Å². The molecule has 2 heterocycles. The largest absolute Gasteiger partial charge is 0.391 e. The van der Waals surface area contributed by atoms with Gasteiger partial charge in [-0.25, -0.2) is 15.4 Å². The van der Waals surface area contributed by atoms with Crippen molar-refractivity contribution in [2.75, 3.05) is 6.61 Å². The van der Waals surface area contributed by atoms with E-state index in [0.717, 1.165) is 5.52 Å². The fourth-order valence-corrected chi connectivity index (χ4v) is 1.22. The van der Waals surface area contributed by atoms with Crippen molar-refractivity contribution in [3.05, 3.63) is 30.6 Å². The van der Waals surface area contributed by atoms with Crippen LogP contribution in [0.4, 0.5) is 0 Å². The van der Waals surface area contributed by atoms with Gasteiger partial charge in [0.25, 0.3) is 5.91 Å². The van der Waals surface area contributed by atoms with Crippen molar-refractivity contribution in [2.24, 2.45) is 0 Å². The molecule has 0 spiro atoms. The molecule has 0 radical (unpaired) electrons. The molecule has 1 unspecified atom stereocenters. The molecular formula is C10H12N4O3. The first-order chi connectivity index (χ1) is 8.16. The number of nitrogens with zero attached hydrogens (tertiary/aromatic N) is 3. The van der Waals surface area contributed by atoms with Crippen LogP contribution in [-0.4, -0.2) is 38.1 Å². The number of imidazole rings is 1. The van der Waals surface area contributed by atoms with Gasteiger partial charge in [-0.15, -0.1) is 0 Å². The Hall–Kier alpha value is -1.99. The number of rotatable bonds is 4. The number of nitrogens with one attached hydrogen (secondary N) is 1. The molecule has 0 saturated carbocycles. The summed E-state index contributed by atoms with van der Waals surface area (Å²) in [5, 5.41) is 8.95. The quantitative estimate of drug-likeness (QED) is 0.716. The Morgan fingerprint density at radius 1 is 1.65 bits per heavy atom. The number of amides is 1. The number of fused-ring (bicyclic) bond motifs is 1. The van der Waals surface area contributed by atoms with Gasteiger partial charge in [-0.1, -0.05) is 0 Å². The summed E-state index contributed by atoms with van der Waals surface area (Å²) < 4.78 is 1.68. The van der Waals surface area contributed by atoms with Gasteiger partial charge in [0.15, 0.2) is 0 Å². The second-order valence-corrected chi connectivity index (χ2v) is 3.59. The van der Waals surface area contributed by atoms with E-state index in [2.05, 4.69) is 15.4 Å². The zero-order valence-corrected chi connectivity index (χ0v) is 9.20. The maximum atomic E-state index is 11.6. The van der Waals surface area contributed by atoms with Crippen molar-refractivity contribution >= 4 is 11.4 Å². The van der Waals surface area contributed by atoms with Gasteiger partial charge in [0.1, 0.15) is 12.3 Å². The number of aliphatic hydroxyl groups is 1. The smallest absolute Gasteiger partial charge is 0.294 e. The van der Waals surface area contributed by atoms with Crippen molar-refractivity contribution in [1.82, 2.24) is 19.8 Å². The summed E-state index contributed by atoms with van der Waals surface area (Å²) in [6.45, 7) is 1.58. The van der Waals surface area contributed by atoms with E-state index in [1.165, 1.54) is 6.20 Å². The second kappa shape index (κ2) is 4.89. The third kappa shape index (κ3) is 2.77. The predicted octanol–water partition coefficient (Wildman–Crippen LogP) is -0.229. The number of aromatic nitrogens is 3. The van der Waals surface area contributed by atoms with Crippen molar-refractivity contribution in [3.63, 3.8) is 0 Å². The highest BCUT2D eigenvalue weighted by Gasteiger charge is 2.08. The van der Waals surface area contributed by atoms with E-state index < -0.39 is 12.0 Å². The number of carbonyl (C=O) groups excluding carboxylic acids is 1. The maximum Gasteiger partial charge on any atom is 0.294 e. The predicted molar refractivity (Wildman–Crippen MR) is 58.1 cm³/mol. The lowest BCUT2D eigenvalue weighted by Gasteiger charge is -2.06. The van der Waals surface area contributed by atoms with Crippen LogP contribution < -0.4 is 5.48 Å². The summed E-state index contributed by atoms with van der Waals surface area (Å²) in [4.78, 5) is 24.2. The number of hydroxylamine groups is 1. The van der Waals surface area contributed by atoms with Crippen LogP contribution in [0.3, 0.4) is 0 Å². The Kier molecular flexibility index (Phi) is 3.31. The summed E-state index contributed by atoms with van der Waals surface area (Å²) in [7, 11) is 0. The van der Waals surface area contributed by atoms with E-state index in [1.54, 1.807) is 30.0 Å². The highest BCUT2D eigenvalue weighted by atomic mass is 16.7. The van der Waals surface area contributed by atoms with E-state index in [9.17, 15) is 4.79 Å². The topological polar surface area (TPSA) is 88.8 Å². The Balaban J connectivity index is 2.03. The Morgan fingerprint density at radius 2 is 2.47 bits per heavy atom. The molecule has 2 aromatic heterocycles. The van der Waals surface area contributed by atoms with Crippen molar-refractivity contribution in [2.45, 2.75) is 13.0 Å². The van der Waals surface area contributed by atoms with Crippen LogP contribution in [0.15, 0.2) is 24.9 Å². The van der Waals surface area contributed by atoms with E-state index in [-0.39, 0.29) is 12.3 Å². The SMILES string of the molecule is CC(O)CONC(=O)c1cn2cncc2cn1. The molecule has 1 amide bonds. The van der Waals surface area contributed by atoms with Crippen LogP contribution in [0, 0.1) is 0 Å². The summed E-state index contributed by atoms with van der Waals surface area (Å²) >= 11 is 0. The lowest BCUT2D eigenvalue weighted by atomic mass is 10.4. The Morgan fingerprint density at radius 3 is 3.24 bits per heavy atom. The molecule has 2 rings (SSSR count). The molecular weight excluding hydrogens is 224 g/mol. The fourth-order valence-electron chi connectivity index (χ4n) is 1.22. The standard InChI is InChI=1S/C10H12N4O3/c1-7(15)5-17-13-10(16)9-4-14-6-11-2-8(14)3-12-9/h2-4,6-7,15H,5H2,1H3,(H,13,16). The molecule has 90 valence electrons. The summed E-state index contributed by atoms with van der Waals surface area (Å²) in [6.07, 6.45) is 5.66. The molecule has 0 bridgehead atoms. The monoisotopic (exact) mass is 236 g/mol. The molecule has 2 aromatic rings. The fraction of sp³-hybridized carbons (Fsp3) is 0.300. The third-order valence-electron chi connectivity index (χ3n) is 2.02. The molecule has 17 heavy (non-hydrogen) atoms. The van der Waals surface area contributed by atoms with Gasteiger partial charge in [-0.05, 0) is 6.92 Å². The van der Waals surface area contributed by atoms with Crippen LogP contribution >= 0.6 is 0 Å². The van der Waals surface area contributed by atoms with Crippen molar-refractivity contribution in [1.29, 1.82) is 0 Å². The zero-order chi connectivity index (χ0) is 12.3. The molecule has 7 heteroatoms. The van der Waals surface area contributed by atoms with Crippen LogP contribution in [0.2, 0.25) is 0 Å². The van der Waals surface area contributed by atoms with Gasteiger partial charge in [0.2, 0.25) is 0 Å². The third-order valence-corrected chi connectivity index (χ3v) is 2.02. The minimum atomic E-state index is -0.639. The average molecular weight is 236 g/mol. The van der Waals surface area contributed by atoms with E-state index in [1.807, 2.05) is 0 Å². The van der Waals surface area contributed by atoms with Crippen LogP contribution in [-0.2, 0) is 4.84 Å². The first-order valence-corrected chi connectivity index (χ1v) is 5.04.